The van der Waals surface area contributed by atoms with Gasteiger partial charge in [-0.15, -0.1) is 0 Å². The quantitative estimate of drug-likeness (QED) is 0.468. The van der Waals surface area contributed by atoms with Crippen LogP contribution in [-0.2, 0) is 0 Å². The monoisotopic (exact) mass is 149 g/mol. The molecule has 1 heterocycles. The molecule has 11 heavy (non-hydrogen) atoms. The highest BCUT2D eigenvalue weighted by Gasteiger charge is 2.02. The van der Waals surface area contributed by atoms with Crippen molar-refractivity contribution in [3.8, 4) is 0 Å². The van der Waals surface area contributed by atoms with Crippen LogP contribution in [0.5, 0.6) is 0 Å². The minimum Gasteiger partial charge on any atom is -0.307 e. The van der Waals surface area contributed by atoms with Crippen LogP contribution >= 0.6 is 0 Å². The van der Waals surface area contributed by atoms with Gasteiger partial charge in [-0.05, 0) is 13.3 Å². The first kappa shape index (κ1) is 8.28. The molecular weight excluding hydrogens is 134 g/mol. The number of hydrogen-bond donors (Lipinski definition) is 1. The standard InChI is InChI=1S/C10H15N/c1-2-3-4-7-10-8-5-6-9-11-10/h2-7,10-11H,8-9H2,1H3/b3-2-,7-4-. The molecule has 1 aliphatic heterocycles. The van der Waals surface area contributed by atoms with Gasteiger partial charge in [0, 0.05) is 12.6 Å². The third-order valence-corrected chi connectivity index (χ3v) is 1.70. The summed E-state index contributed by atoms with van der Waals surface area (Å²) in [6.45, 7) is 3.03. The van der Waals surface area contributed by atoms with E-state index in [4.69, 9.17) is 0 Å². The van der Waals surface area contributed by atoms with Crippen molar-refractivity contribution >= 4 is 0 Å². The Balaban J connectivity index is 2.31. The van der Waals surface area contributed by atoms with Gasteiger partial charge in [-0.2, -0.15) is 0 Å². The van der Waals surface area contributed by atoms with Crippen LogP contribution < -0.4 is 5.32 Å². The Kier molecular flexibility index (Phi) is 3.70. The summed E-state index contributed by atoms with van der Waals surface area (Å²) in [5.41, 5.74) is 0. The summed E-state index contributed by atoms with van der Waals surface area (Å²) < 4.78 is 0. The molecule has 0 saturated heterocycles. The van der Waals surface area contributed by atoms with Gasteiger partial charge in [0.05, 0.1) is 0 Å². The Morgan fingerprint density at radius 2 is 2.27 bits per heavy atom. The first-order chi connectivity index (χ1) is 5.43. The number of hydrogen-bond acceptors (Lipinski definition) is 1. The maximum absolute atomic E-state index is 3.37. The molecule has 1 atom stereocenters. The molecule has 0 fully saturated rings. The van der Waals surface area contributed by atoms with Crippen molar-refractivity contribution in [2.45, 2.75) is 19.4 Å². The largest absolute Gasteiger partial charge is 0.307 e. The number of rotatable bonds is 2. The Morgan fingerprint density at radius 1 is 1.36 bits per heavy atom. The minimum absolute atomic E-state index is 0.538. The maximum Gasteiger partial charge on any atom is 0.0290 e. The molecule has 1 unspecified atom stereocenters. The van der Waals surface area contributed by atoms with Crippen molar-refractivity contribution in [1.82, 2.24) is 5.32 Å². The van der Waals surface area contributed by atoms with Crippen LogP contribution in [0.3, 0.4) is 0 Å². The molecular formula is C10H15N. The summed E-state index contributed by atoms with van der Waals surface area (Å²) in [6, 6.07) is 0.538. The average molecular weight is 149 g/mol. The van der Waals surface area contributed by atoms with Crippen LogP contribution in [0.15, 0.2) is 36.5 Å². The lowest BCUT2D eigenvalue weighted by Gasteiger charge is -2.14. The van der Waals surface area contributed by atoms with E-state index in [1.165, 1.54) is 0 Å². The van der Waals surface area contributed by atoms with Gasteiger partial charge >= 0.3 is 0 Å². The molecule has 1 rings (SSSR count). The minimum atomic E-state index is 0.538. The van der Waals surface area contributed by atoms with E-state index in [0.717, 1.165) is 13.0 Å². The Bertz CT molecular complexity index is 177. The lowest BCUT2D eigenvalue weighted by Crippen LogP contribution is -2.29. The maximum atomic E-state index is 3.37. The fourth-order valence-corrected chi connectivity index (χ4v) is 1.08. The molecule has 0 radical (unpaired) electrons. The molecule has 0 bridgehead atoms. The van der Waals surface area contributed by atoms with E-state index in [-0.39, 0.29) is 0 Å². The summed E-state index contributed by atoms with van der Waals surface area (Å²) in [7, 11) is 0. The van der Waals surface area contributed by atoms with Crippen molar-refractivity contribution in [1.29, 1.82) is 0 Å². The van der Waals surface area contributed by atoms with Crippen LogP contribution in [0, 0.1) is 0 Å². The normalized spacial score (nSPS) is 25.4. The molecule has 0 saturated carbocycles. The van der Waals surface area contributed by atoms with E-state index in [9.17, 15) is 0 Å². The predicted octanol–water partition coefficient (Wildman–Crippen LogP) is 2.04. The summed E-state index contributed by atoms with van der Waals surface area (Å²) in [6.07, 6.45) is 13.9. The van der Waals surface area contributed by atoms with Crippen LogP contribution in [-0.4, -0.2) is 12.6 Å². The lowest BCUT2D eigenvalue weighted by molar-refractivity contribution is 0.619. The van der Waals surface area contributed by atoms with Gasteiger partial charge in [0.25, 0.3) is 0 Å². The Morgan fingerprint density at radius 3 is 2.91 bits per heavy atom. The molecule has 60 valence electrons. The lowest BCUT2D eigenvalue weighted by atomic mass is 10.1. The number of nitrogens with one attached hydrogen (secondary N) is 1. The highest BCUT2D eigenvalue weighted by Crippen LogP contribution is 2.00. The van der Waals surface area contributed by atoms with E-state index in [1.54, 1.807) is 0 Å². The molecule has 0 aromatic carbocycles. The van der Waals surface area contributed by atoms with E-state index >= 15 is 0 Å². The fraction of sp³-hybridized carbons (Fsp3) is 0.400. The highest BCUT2D eigenvalue weighted by molar-refractivity contribution is 5.09. The average Bonchev–Trinajstić information content (AvgIpc) is 2.07. The first-order valence-electron chi connectivity index (χ1n) is 4.11. The van der Waals surface area contributed by atoms with Crippen LogP contribution in [0.25, 0.3) is 0 Å². The summed E-state index contributed by atoms with van der Waals surface area (Å²) in [4.78, 5) is 0. The molecule has 0 amide bonds. The van der Waals surface area contributed by atoms with Gasteiger partial charge in [0.15, 0.2) is 0 Å². The molecule has 0 aliphatic carbocycles. The highest BCUT2D eigenvalue weighted by atomic mass is 14.9. The van der Waals surface area contributed by atoms with E-state index in [0.29, 0.717) is 6.04 Å². The third kappa shape index (κ3) is 3.19. The summed E-state index contributed by atoms with van der Waals surface area (Å²) in [5.74, 6) is 0. The molecule has 0 aromatic rings. The molecule has 1 N–H and O–H groups in total. The molecule has 1 heteroatoms. The van der Waals surface area contributed by atoms with E-state index < -0.39 is 0 Å². The second-order valence-corrected chi connectivity index (χ2v) is 2.63. The molecule has 1 aliphatic rings. The van der Waals surface area contributed by atoms with Crippen LogP contribution in [0.4, 0.5) is 0 Å². The molecule has 0 spiro atoms. The van der Waals surface area contributed by atoms with Gasteiger partial charge < -0.3 is 5.32 Å². The SMILES string of the molecule is C/C=C\C=C/C1CC=CCN1. The zero-order valence-electron chi connectivity index (χ0n) is 6.96. The van der Waals surface area contributed by atoms with Gasteiger partial charge in [-0.25, -0.2) is 0 Å². The summed E-state index contributed by atoms with van der Waals surface area (Å²) >= 11 is 0. The zero-order chi connectivity index (χ0) is 7.94. The predicted molar refractivity (Wildman–Crippen MR) is 49.5 cm³/mol. The third-order valence-electron chi connectivity index (χ3n) is 1.70. The van der Waals surface area contributed by atoms with E-state index in [2.05, 4.69) is 35.7 Å². The van der Waals surface area contributed by atoms with Crippen molar-refractivity contribution in [2.75, 3.05) is 6.54 Å². The Labute approximate surface area is 68.5 Å². The second kappa shape index (κ2) is 4.91. The number of allylic oxidation sites excluding steroid dienone is 3. The molecule has 1 nitrogen and oxygen atoms in total. The van der Waals surface area contributed by atoms with Crippen molar-refractivity contribution in [3.05, 3.63) is 36.5 Å². The topological polar surface area (TPSA) is 12.0 Å². The first-order valence-corrected chi connectivity index (χ1v) is 4.11. The summed E-state index contributed by atoms with van der Waals surface area (Å²) in [5, 5.41) is 3.37. The van der Waals surface area contributed by atoms with Gasteiger partial charge in [0.1, 0.15) is 0 Å². The fourth-order valence-electron chi connectivity index (χ4n) is 1.08. The Hall–Kier alpha value is -0.820. The zero-order valence-corrected chi connectivity index (χ0v) is 6.96. The smallest absolute Gasteiger partial charge is 0.0290 e. The second-order valence-electron chi connectivity index (χ2n) is 2.63. The van der Waals surface area contributed by atoms with Gasteiger partial charge in [0.2, 0.25) is 0 Å². The molecule has 0 aromatic heterocycles. The van der Waals surface area contributed by atoms with Gasteiger partial charge in [-0.3, -0.25) is 0 Å². The van der Waals surface area contributed by atoms with Crippen LogP contribution in [0.1, 0.15) is 13.3 Å². The van der Waals surface area contributed by atoms with Crippen molar-refractivity contribution < 1.29 is 0 Å². The van der Waals surface area contributed by atoms with Crippen molar-refractivity contribution in [2.24, 2.45) is 0 Å². The van der Waals surface area contributed by atoms with Gasteiger partial charge in [-0.1, -0.05) is 36.5 Å². The van der Waals surface area contributed by atoms with E-state index in [1.807, 2.05) is 13.0 Å². The van der Waals surface area contributed by atoms with Crippen LogP contribution in [0.2, 0.25) is 0 Å². The van der Waals surface area contributed by atoms with Crippen molar-refractivity contribution in [3.63, 3.8) is 0 Å².